The van der Waals surface area contributed by atoms with Gasteiger partial charge in [0.1, 0.15) is 11.5 Å². The van der Waals surface area contributed by atoms with Crippen LogP contribution < -0.4 is 0 Å². The number of carbonyl (C=O) groups excluding carboxylic acids is 1. The lowest BCUT2D eigenvalue weighted by Gasteiger charge is -2.27. The lowest BCUT2D eigenvalue weighted by atomic mass is 9.83. The highest BCUT2D eigenvalue weighted by Gasteiger charge is 2.72. The molecule has 1 amide bonds. The van der Waals surface area contributed by atoms with Crippen molar-refractivity contribution in [2.45, 2.75) is 51.0 Å². The second kappa shape index (κ2) is 5.51. The zero-order valence-corrected chi connectivity index (χ0v) is 14.5. The van der Waals surface area contributed by atoms with Crippen LogP contribution in [0.1, 0.15) is 49.2 Å². The molecule has 0 bridgehead atoms. The van der Waals surface area contributed by atoms with Crippen molar-refractivity contribution in [3.8, 4) is 0 Å². The Morgan fingerprint density at radius 3 is 2.46 bits per heavy atom. The number of carbonyl (C=O) groups is 1. The van der Waals surface area contributed by atoms with Crippen molar-refractivity contribution < 1.29 is 9.21 Å². The summed E-state index contributed by atoms with van der Waals surface area (Å²) in [5.41, 5.74) is 1.07. The summed E-state index contributed by atoms with van der Waals surface area (Å²) >= 11 is 0. The van der Waals surface area contributed by atoms with Crippen LogP contribution in [0.3, 0.4) is 0 Å². The van der Waals surface area contributed by atoms with Crippen LogP contribution >= 0.6 is 0 Å². The van der Waals surface area contributed by atoms with Gasteiger partial charge in [-0.1, -0.05) is 43.2 Å². The first-order valence-corrected chi connectivity index (χ1v) is 8.94. The molecule has 0 unspecified atom stereocenters. The number of hydrogen-bond donors (Lipinski definition) is 0. The van der Waals surface area contributed by atoms with E-state index < -0.39 is 0 Å². The van der Waals surface area contributed by atoms with Crippen molar-refractivity contribution in [3.63, 3.8) is 0 Å². The quantitative estimate of drug-likeness (QED) is 0.833. The highest BCUT2D eigenvalue weighted by molar-refractivity contribution is 5.93. The summed E-state index contributed by atoms with van der Waals surface area (Å²) in [6.07, 6.45) is 5.87. The molecule has 0 radical (unpaired) electrons. The smallest absolute Gasteiger partial charge is 0.233 e. The molecule has 2 aliphatic rings. The minimum Gasteiger partial charge on any atom is -0.464 e. The Hall–Kier alpha value is -2.03. The summed E-state index contributed by atoms with van der Waals surface area (Å²) < 4.78 is 5.67. The van der Waals surface area contributed by atoms with Crippen LogP contribution in [-0.4, -0.2) is 17.9 Å². The summed E-state index contributed by atoms with van der Waals surface area (Å²) in [4.78, 5) is 15.3. The van der Waals surface area contributed by atoms with Crippen molar-refractivity contribution in [2.75, 3.05) is 7.05 Å². The van der Waals surface area contributed by atoms with Crippen LogP contribution in [0.15, 0.2) is 46.9 Å². The van der Waals surface area contributed by atoms with Crippen LogP contribution in [0.5, 0.6) is 0 Å². The molecule has 3 heteroatoms. The van der Waals surface area contributed by atoms with E-state index in [2.05, 4.69) is 24.3 Å². The number of rotatable bonds is 4. The van der Waals surface area contributed by atoms with Gasteiger partial charge in [0, 0.05) is 7.05 Å². The van der Waals surface area contributed by atoms with Crippen molar-refractivity contribution in [3.05, 3.63) is 59.5 Å². The summed E-state index contributed by atoms with van der Waals surface area (Å²) in [7, 11) is 1.91. The third-order valence-electron chi connectivity index (χ3n) is 6.11. The van der Waals surface area contributed by atoms with Crippen molar-refractivity contribution >= 4 is 5.91 Å². The van der Waals surface area contributed by atoms with E-state index in [0.29, 0.717) is 6.54 Å². The van der Waals surface area contributed by atoms with Gasteiger partial charge in [0.05, 0.1) is 12.0 Å². The van der Waals surface area contributed by atoms with Gasteiger partial charge in [0.15, 0.2) is 0 Å². The molecule has 1 spiro atoms. The van der Waals surface area contributed by atoms with Gasteiger partial charge in [0.25, 0.3) is 0 Å². The maximum absolute atomic E-state index is 13.5. The predicted molar refractivity (Wildman–Crippen MR) is 93.6 cm³/mol. The van der Waals surface area contributed by atoms with Gasteiger partial charge in [-0.15, -0.1) is 0 Å². The molecule has 1 atom stereocenters. The molecule has 2 aliphatic carbocycles. The Morgan fingerprint density at radius 2 is 1.83 bits per heavy atom. The van der Waals surface area contributed by atoms with E-state index in [1.807, 2.05) is 37.1 Å². The van der Waals surface area contributed by atoms with Gasteiger partial charge in [-0.05, 0) is 49.3 Å². The van der Waals surface area contributed by atoms with Crippen molar-refractivity contribution in [2.24, 2.45) is 5.41 Å². The summed E-state index contributed by atoms with van der Waals surface area (Å²) in [6, 6.07) is 14.3. The van der Waals surface area contributed by atoms with Gasteiger partial charge in [-0.2, -0.15) is 0 Å². The monoisotopic (exact) mass is 323 g/mol. The standard InChI is InChI=1S/C21H25NO2/c1-16-10-11-18(24-16)14-22(2)19(23)21(17-8-4-3-5-9-17)15-20(21)12-6-7-13-20/h3-5,8-11H,6-7,12-15H2,1-2H3/t21-/m0/s1. The first kappa shape index (κ1) is 15.5. The minimum absolute atomic E-state index is 0.193. The second-order valence-electron chi connectivity index (χ2n) is 7.61. The Labute approximate surface area is 143 Å². The van der Waals surface area contributed by atoms with Gasteiger partial charge >= 0.3 is 0 Å². The van der Waals surface area contributed by atoms with Gasteiger partial charge in [0.2, 0.25) is 5.91 Å². The number of nitrogens with zero attached hydrogens (tertiary/aromatic N) is 1. The van der Waals surface area contributed by atoms with E-state index in [1.165, 1.54) is 31.2 Å². The Balaban J connectivity index is 1.64. The van der Waals surface area contributed by atoms with E-state index >= 15 is 0 Å². The molecule has 3 nitrogen and oxygen atoms in total. The molecule has 126 valence electrons. The molecule has 4 rings (SSSR count). The molecule has 2 aromatic rings. The average Bonchev–Trinajstić information content (AvgIpc) is 2.88. The Morgan fingerprint density at radius 1 is 1.12 bits per heavy atom. The maximum Gasteiger partial charge on any atom is 0.233 e. The number of furan rings is 1. The maximum atomic E-state index is 13.5. The molecule has 0 saturated heterocycles. The molecule has 2 saturated carbocycles. The SMILES string of the molecule is Cc1ccc(CN(C)C(=O)[C@@]2(c3ccccc3)CC23CCCC3)o1. The van der Waals surface area contributed by atoms with Crippen LogP contribution in [0.25, 0.3) is 0 Å². The highest BCUT2D eigenvalue weighted by Crippen LogP contribution is 2.72. The number of likely N-dealkylation sites (N-methyl/N-ethyl adjacent to an activating group) is 1. The largest absolute Gasteiger partial charge is 0.464 e. The lowest BCUT2D eigenvalue weighted by molar-refractivity contribution is -0.134. The molecule has 2 fully saturated rings. The number of hydrogen-bond acceptors (Lipinski definition) is 2. The van der Waals surface area contributed by atoms with Crippen LogP contribution in [0.2, 0.25) is 0 Å². The Bertz CT molecular complexity index is 742. The molecule has 1 aromatic carbocycles. The van der Waals surface area contributed by atoms with Gasteiger partial charge in [-0.3, -0.25) is 4.79 Å². The second-order valence-corrected chi connectivity index (χ2v) is 7.61. The molecule has 1 heterocycles. The van der Waals surface area contributed by atoms with Crippen molar-refractivity contribution in [1.29, 1.82) is 0 Å². The third kappa shape index (κ3) is 2.21. The van der Waals surface area contributed by atoms with E-state index in [-0.39, 0.29) is 16.7 Å². The molecular weight excluding hydrogens is 298 g/mol. The number of aryl methyl sites for hydroxylation is 1. The Kier molecular flexibility index (Phi) is 3.56. The lowest BCUT2D eigenvalue weighted by Crippen LogP contribution is -2.39. The van der Waals surface area contributed by atoms with Crippen LogP contribution in [0.4, 0.5) is 0 Å². The number of benzene rings is 1. The summed E-state index contributed by atoms with van der Waals surface area (Å²) in [5.74, 6) is 2.00. The summed E-state index contributed by atoms with van der Waals surface area (Å²) in [6.45, 7) is 2.47. The van der Waals surface area contributed by atoms with Crippen LogP contribution in [-0.2, 0) is 16.8 Å². The molecule has 1 aromatic heterocycles. The van der Waals surface area contributed by atoms with E-state index in [0.717, 1.165) is 17.9 Å². The van der Waals surface area contributed by atoms with Gasteiger partial charge in [-0.25, -0.2) is 0 Å². The minimum atomic E-state index is -0.318. The fourth-order valence-corrected chi connectivity index (χ4v) is 4.88. The topological polar surface area (TPSA) is 33.5 Å². The molecular formula is C21H25NO2. The van der Waals surface area contributed by atoms with E-state index in [1.54, 1.807) is 0 Å². The first-order chi connectivity index (χ1) is 11.6. The highest BCUT2D eigenvalue weighted by atomic mass is 16.3. The van der Waals surface area contributed by atoms with Crippen LogP contribution in [0, 0.1) is 12.3 Å². The first-order valence-electron chi connectivity index (χ1n) is 8.94. The zero-order valence-electron chi connectivity index (χ0n) is 14.5. The fraction of sp³-hybridized carbons (Fsp3) is 0.476. The molecule has 0 N–H and O–H groups in total. The van der Waals surface area contributed by atoms with E-state index in [9.17, 15) is 4.79 Å². The average molecular weight is 323 g/mol. The van der Waals surface area contributed by atoms with Crippen molar-refractivity contribution in [1.82, 2.24) is 4.90 Å². The predicted octanol–water partition coefficient (Wildman–Crippen LogP) is 4.45. The summed E-state index contributed by atoms with van der Waals surface area (Å²) in [5, 5.41) is 0. The van der Waals surface area contributed by atoms with E-state index in [4.69, 9.17) is 4.42 Å². The fourth-order valence-electron chi connectivity index (χ4n) is 4.88. The number of amides is 1. The molecule has 0 aliphatic heterocycles. The zero-order chi connectivity index (χ0) is 16.8. The van der Waals surface area contributed by atoms with Gasteiger partial charge < -0.3 is 9.32 Å². The third-order valence-corrected chi connectivity index (χ3v) is 6.11. The normalized spacial score (nSPS) is 24.2. The molecule has 24 heavy (non-hydrogen) atoms.